The zero-order valence-corrected chi connectivity index (χ0v) is 16.1. The summed E-state index contributed by atoms with van der Waals surface area (Å²) < 4.78 is 0. The molecule has 2 atom stereocenters. The quantitative estimate of drug-likeness (QED) is 0.320. The van der Waals surface area contributed by atoms with Crippen LogP contribution in [0.1, 0.15) is 52.9 Å². The predicted molar refractivity (Wildman–Crippen MR) is 111 cm³/mol. The van der Waals surface area contributed by atoms with Gasteiger partial charge in [0.15, 0.2) is 0 Å². The summed E-state index contributed by atoms with van der Waals surface area (Å²) in [6, 6.07) is 0. The lowest BCUT2D eigenvalue weighted by atomic mass is 9.86. The normalized spacial score (nSPS) is 21.3. The van der Waals surface area contributed by atoms with Gasteiger partial charge in [0.05, 0.1) is 0 Å². The summed E-state index contributed by atoms with van der Waals surface area (Å²) in [6.45, 7) is 10.6. The molecule has 0 radical (unpaired) electrons. The Balaban J connectivity index is 1.79. The molecule has 0 amide bonds. The van der Waals surface area contributed by atoms with Crippen LogP contribution in [0.15, 0.2) is 89.3 Å². The second-order valence-corrected chi connectivity index (χ2v) is 7.16. The fourth-order valence-corrected chi connectivity index (χ4v) is 3.45. The molecule has 25 heavy (non-hydrogen) atoms. The lowest BCUT2D eigenvalue weighted by Crippen LogP contribution is -2.05. The van der Waals surface area contributed by atoms with Gasteiger partial charge in [-0.2, -0.15) is 0 Å². The van der Waals surface area contributed by atoms with Gasteiger partial charge in [-0.05, 0) is 86.8 Å². The molecule has 0 aliphatic heterocycles. The van der Waals surface area contributed by atoms with Crippen LogP contribution in [0.25, 0.3) is 0 Å². The topological polar surface area (TPSA) is 0 Å². The summed E-state index contributed by atoms with van der Waals surface area (Å²) in [4.78, 5) is 0. The molecular formula is C25H32. The van der Waals surface area contributed by atoms with E-state index in [1.165, 1.54) is 48.0 Å². The molecule has 0 N–H and O–H groups in total. The van der Waals surface area contributed by atoms with Crippen LogP contribution in [0.2, 0.25) is 0 Å². The highest BCUT2D eigenvalue weighted by molar-refractivity contribution is 5.45. The minimum atomic E-state index is 0.523. The van der Waals surface area contributed by atoms with E-state index in [1.54, 1.807) is 0 Å². The Morgan fingerprint density at radius 2 is 2.16 bits per heavy atom. The van der Waals surface area contributed by atoms with Crippen molar-refractivity contribution in [3.63, 3.8) is 0 Å². The number of hydrogen-bond acceptors (Lipinski definition) is 0. The van der Waals surface area contributed by atoms with E-state index < -0.39 is 0 Å². The van der Waals surface area contributed by atoms with E-state index in [1.807, 2.05) is 12.2 Å². The van der Waals surface area contributed by atoms with Gasteiger partial charge in [-0.25, -0.2) is 0 Å². The minimum Gasteiger partial charge on any atom is -0.121 e. The van der Waals surface area contributed by atoms with Crippen molar-refractivity contribution in [2.75, 3.05) is 0 Å². The van der Waals surface area contributed by atoms with Gasteiger partial charge in [-0.1, -0.05) is 49.0 Å². The van der Waals surface area contributed by atoms with Crippen LogP contribution in [-0.4, -0.2) is 0 Å². The molecule has 0 heterocycles. The first kappa shape index (κ1) is 19.3. The Morgan fingerprint density at radius 3 is 2.84 bits per heavy atom. The molecular weight excluding hydrogens is 300 g/mol. The van der Waals surface area contributed by atoms with Crippen LogP contribution in [-0.2, 0) is 0 Å². The molecule has 0 spiro atoms. The average Bonchev–Trinajstić information content (AvgIpc) is 2.82. The summed E-state index contributed by atoms with van der Waals surface area (Å²) in [6.07, 6.45) is 25.8. The molecule has 0 heteroatoms. The van der Waals surface area contributed by atoms with Crippen LogP contribution in [0.5, 0.6) is 0 Å². The van der Waals surface area contributed by atoms with E-state index in [4.69, 9.17) is 0 Å². The second kappa shape index (κ2) is 10.1. The van der Waals surface area contributed by atoms with Crippen molar-refractivity contribution in [3.8, 4) is 0 Å². The van der Waals surface area contributed by atoms with Crippen molar-refractivity contribution in [2.24, 2.45) is 11.8 Å². The smallest absolute Gasteiger partial charge is 0.000936 e. The zero-order chi connectivity index (χ0) is 18.1. The Bertz CT molecular complexity index is 682. The Morgan fingerprint density at radius 1 is 1.36 bits per heavy atom. The average molecular weight is 333 g/mol. The van der Waals surface area contributed by atoms with Gasteiger partial charge in [-0.15, -0.1) is 12.3 Å². The fourth-order valence-electron chi connectivity index (χ4n) is 3.45. The first-order valence-electron chi connectivity index (χ1n) is 9.62. The summed E-state index contributed by atoms with van der Waals surface area (Å²) in [5.41, 5.74) is 8.66. The minimum absolute atomic E-state index is 0.523. The molecule has 0 aromatic carbocycles. The van der Waals surface area contributed by atoms with Crippen molar-refractivity contribution < 1.29 is 0 Å². The first-order chi connectivity index (χ1) is 12.1. The van der Waals surface area contributed by atoms with E-state index in [2.05, 4.69) is 75.6 Å². The van der Waals surface area contributed by atoms with E-state index in [0.717, 1.165) is 6.42 Å². The summed E-state index contributed by atoms with van der Waals surface area (Å²) in [7, 11) is 0. The van der Waals surface area contributed by atoms with Crippen LogP contribution in [0.3, 0.4) is 0 Å². The van der Waals surface area contributed by atoms with Gasteiger partial charge < -0.3 is 0 Å². The van der Waals surface area contributed by atoms with Crippen LogP contribution in [0.4, 0.5) is 0 Å². The van der Waals surface area contributed by atoms with Crippen LogP contribution < -0.4 is 0 Å². The maximum Gasteiger partial charge on any atom is 0.000936 e. The number of hydrogen-bond donors (Lipinski definition) is 0. The Labute approximate surface area is 154 Å². The standard InChI is InChI=1S/C25H32/c1-5-23(6-2)24-17-15-22(16-18-24)13-10-11-20(3)19-25-14-9-7-8-12-21(25)4/h5,8-9,12,14-15,17-19,22-23H,1,6,10-11,13,16H2,2-4H3. The zero-order valence-electron chi connectivity index (χ0n) is 16.1. The SMILES string of the molecule is C=CC(CC)C1=CCC(CCCC(C)=CC2=CC=C=CC=C2C)C=C1. The van der Waals surface area contributed by atoms with E-state index in [-0.39, 0.29) is 0 Å². The lowest BCUT2D eigenvalue weighted by molar-refractivity contribution is 0.555. The highest BCUT2D eigenvalue weighted by Crippen LogP contribution is 2.28. The van der Waals surface area contributed by atoms with Crippen LogP contribution >= 0.6 is 0 Å². The summed E-state index contributed by atoms with van der Waals surface area (Å²) >= 11 is 0. The van der Waals surface area contributed by atoms with Gasteiger partial charge in [0.25, 0.3) is 0 Å². The Kier molecular flexibility index (Phi) is 7.76. The third-order valence-corrected chi connectivity index (χ3v) is 5.16. The lowest BCUT2D eigenvalue weighted by Gasteiger charge is -2.19. The molecule has 132 valence electrons. The second-order valence-electron chi connectivity index (χ2n) is 7.16. The third kappa shape index (κ3) is 6.07. The Hall–Kier alpha value is -2.04. The van der Waals surface area contributed by atoms with Crippen molar-refractivity contribution in [3.05, 3.63) is 89.3 Å². The van der Waals surface area contributed by atoms with E-state index in [9.17, 15) is 0 Å². The number of rotatable bonds is 8. The molecule has 0 saturated carbocycles. The molecule has 0 aromatic heterocycles. The molecule has 2 unspecified atom stereocenters. The van der Waals surface area contributed by atoms with E-state index in [0.29, 0.717) is 11.8 Å². The van der Waals surface area contributed by atoms with Crippen molar-refractivity contribution in [1.82, 2.24) is 0 Å². The molecule has 0 fully saturated rings. The van der Waals surface area contributed by atoms with E-state index >= 15 is 0 Å². The van der Waals surface area contributed by atoms with Crippen LogP contribution in [0, 0.1) is 11.8 Å². The molecule has 0 saturated heterocycles. The van der Waals surface area contributed by atoms with Gasteiger partial charge >= 0.3 is 0 Å². The molecule has 2 aliphatic rings. The number of allylic oxidation sites excluding steroid dienone is 12. The van der Waals surface area contributed by atoms with Gasteiger partial charge in [0.1, 0.15) is 0 Å². The summed E-state index contributed by atoms with van der Waals surface area (Å²) in [5.74, 6) is 1.22. The van der Waals surface area contributed by atoms with Crippen molar-refractivity contribution in [2.45, 2.75) is 52.9 Å². The van der Waals surface area contributed by atoms with Gasteiger partial charge in [0.2, 0.25) is 0 Å². The molecule has 2 rings (SSSR count). The third-order valence-electron chi connectivity index (χ3n) is 5.16. The maximum absolute atomic E-state index is 3.96. The van der Waals surface area contributed by atoms with Crippen molar-refractivity contribution >= 4 is 0 Å². The van der Waals surface area contributed by atoms with Crippen molar-refractivity contribution in [1.29, 1.82) is 0 Å². The molecule has 0 aromatic rings. The largest absolute Gasteiger partial charge is 0.121 e. The van der Waals surface area contributed by atoms with Gasteiger partial charge in [0, 0.05) is 5.92 Å². The fraction of sp³-hybridized carbons (Fsp3) is 0.400. The van der Waals surface area contributed by atoms with Gasteiger partial charge in [-0.3, -0.25) is 0 Å². The molecule has 0 bridgehead atoms. The molecule has 0 nitrogen and oxygen atoms in total. The molecule has 2 aliphatic carbocycles. The highest BCUT2D eigenvalue weighted by atomic mass is 14.2. The predicted octanol–water partition coefficient (Wildman–Crippen LogP) is 7.42. The monoisotopic (exact) mass is 332 g/mol. The highest BCUT2D eigenvalue weighted by Gasteiger charge is 2.12. The maximum atomic E-state index is 3.96. The summed E-state index contributed by atoms with van der Waals surface area (Å²) in [5, 5.41) is 0. The first-order valence-corrected chi connectivity index (χ1v) is 9.62.